The van der Waals surface area contributed by atoms with Crippen molar-refractivity contribution in [2.45, 2.75) is 71.6 Å². The van der Waals surface area contributed by atoms with Crippen molar-refractivity contribution in [3.8, 4) is 11.4 Å². The van der Waals surface area contributed by atoms with Crippen LogP contribution in [0.4, 0.5) is 5.82 Å². The van der Waals surface area contributed by atoms with Crippen molar-refractivity contribution in [2.75, 3.05) is 11.9 Å². The smallest absolute Gasteiger partial charge is 0.273 e. The topological polar surface area (TPSA) is 76.1 Å². The van der Waals surface area contributed by atoms with Gasteiger partial charge in [0, 0.05) is 25.0 Å². The molecule has 1 aromatic heterocycles. The van der Waals surface area contributed by atoms with E-state index in [1.165, 1.54) is 16.3 Å². The van der Waals surface area contributed by atoms with Crippen LogP contribution in [0.2, 0.25) is 0 Å². The first-order valence-electron chi connectivity index (χ1n) is 12.3. The second-order valence-electron chi connectivity index (χ2n) is 10.4. The molecule has 1 heterocycles. The van der Waals surface area contributed by atoms with E-state index in [9.17, 15) is 9.59 Å². The Morgan fingerprint density at radius 2 is 1.59 bits per heavy atom. The number of aromatic nitrogens is 2. The maximum Gasteiger partial charge on any atom is 0.273 e. The van der Waals surface area contributed by atoms with Crippen LogP contribution in [-0.2, 0) is 15.6 Å². The molecular formula is C28H34Br3N3O3. The number of rotatable bonds is 10. The summed E-state index contributed by atoms with van der Waals surface area (Å²) in [5, 5.41) is 5.72. The molecule has 0 aliphatic carbocycles. The van der Waals surface area contributed by atoms with Gasteiger partial charge >= 0.3 is 0 Å². The Kier molecular flexibility index (Phi) is 9.56. The largest absolute Gasteiger partial charge is 0.493 e. The molecule has 0 unspecified atom stereocenters. The van der Waals surface area contributed by atoms with Crippen molar-refractivity contribution >= 4 is 59.5 Å². The highest BCUT2D eigenvalue weighted by molar-refractivity contribution is 9.11. The third-order valence-electron chi connectivity index (χ3n) is 7.04. The first-order chi connectivity index (χ1) is 17.3. The Bertz CT molecular complexity index is 1320. The summed E-state index contributed by atoms with van der Waals surface area (Å²) < 4.78 is 9.77. The van der Waals surface area contributed by atoms with Gasteiger partial charge in [0.25, 0.3) is 5.56 Å². The third-order valence-corrected chi connectivity index (χ3v) is 8.71. The zero-order valence-electron chi connectivity index (χ0n) is 22.1. The maximum atomic E-state index is 12.7. The quantitative estimate of drug-likeness (QED) is 0.224. The van der Waals surface area contributed by atoms with Gasteiger partial charge in [0.2, 0.25) is 5.91 Å². The second kappa shape index (κ2) is 11.9. The van der Waals surface area contributed by atoms with Gasteiger partial charge in [-0.3, -0.25) is 14.7 Å². The van der Waals surface area contributed by atoms with Crippen LogP contribution >= 0.6 is 47.8 Å². The predicted octanol–water partition coefficient (Wildman–Crippen LogP) is 8.24. The van der Waals surface area contributed by atoms with Gasteiger partial charge in [-0.25, -0.2) is 4.68 Å². The standard InChI is InChI=1S/C28H34Br3N3O3/c1-7-27(3,4)17-9-10-22(19(13-17)28(5,6)8-2)37-12-11-24(35)32-23-16-25(36)34(33-23)26-20(30)14-18(29)15-21(26)31/h9-10,13-16,33H,7-8,11-12H2,1-6H3,(H,32,35). The fourth-order valence-corrected chi connectivity index (χ4v) is 6.45. The number of hydrogen-bond acceptors (Lipinski definition) is 3. The summed E-state index contributed by atoms with van der Waals surface area (Å²) in [6.45, 7) is 13.5. The van der Waals surface area contributed by atoms with Crippen molar-refractivity contribution in [3.63, 3.8) is 0 Å². The molecule has 0 bridgehead atoms. The molecule has 0 saturated heterocycles. The lowest BCUT2D eigenvalue weighted by atomic mass is 9.76. The number of nitrogens with one attached hydrogen (secondary N) is 2. The highest BCUT2D eigenvalue weighted by Gasteiger charge is 2.26. The van der Waals surface area contributed by atoms with Crippen LogP contribution in [0, 0.1) is 0 Å². The van der Waals surface area contributed by atoms with Crippen LogP contribution in [0.25, 0.3) is 5.69 Å². The number of benzene rings is 2. The Morgan fingerprint density at radius 3 is 2.19 bits per heavy atom. The van der Waals surface area contributed by atoms with Crippen molar-refractivity contribution in [1.82, 2.24) is 9.78 Å². The molecule has 2 aromatic carbocycles. The lowest BCUT2D eigenvalue weighted by Gasteiger charge is -2.30. The number of nitrogens with zero attached hydrogens (tertiary/aromatic N) is 1. The van der Waals surface area contributed by atoms with Gasteiger partial charge in [-0.2, -0.15) is 0 Å². The minimum absolute atomic E-state index is 0.0601. The normalized spacial score (nSPS) is 12.0. The number of hydrogen-bond donors (Lipinski definition) is 2. The molecule has 0 saturated carbocycles. The zero-order chi connectivity index (χ0) is 27.5. The fourth-order valence-electron chi connectivity index (χ4n) is 3.84. The number of halogens is 3. The minimum Gasteiger partial charge on any atom is -0.493 e. The van der Waals surface area contributed by atoms with Gasteiger partial charge in [0.1, 0.15) is 11.6 Å². The number of carbonyl (C=O) groups excluding carboxylic acids is 1. The van der Waals surface area contributed by atoms with Gasteiger partial charge in [-0.1, -0.05) is 69.6 Å². The molecule has 0 aliphatic rings. The molecule has 0 fully saturated rings. The number of carbonyl (C=O) groups is 1. The first-order valence-corrected chi connectivity index (χ1v) is 14.7. The van der Waals surface area contributed by atoms with E-state index in [1.54, 1.807) is 0 Å². The highest BCUT2D eigenvalue weighted by atomic mass is 79.9. The van der Waals surface area contributed by atoms with Crippen molar-refractivity contribution in [2.24, 2.45) is 0 Å². The summed E-state index contributed by atoms with van der Waals surface area (Å²) in [6.07, 6.45) is 2.15. The van der Waals surface area contributed by atoms with Crippen LogP contribution in [0.3, 0.4) is 0 Å². The summed E-state index contributed by atoms with van der Waals surface area (Å²) in [4.78, 5) is 25.2. The van der Waals surface area contributed by atoms with E-state index >= 15 is 0 Å². The van der Waals surface area contributed by atoms with Crippen molar-refractivity contribution in [3.05, 3.63) is 71.3 Å². The average Bonchev–Trinajstić information content (AvgIpc) is 3.17. The van der Waals surface area contributed by atoms with Crippen molar-refractivity contribution < 1.29 is 9.53 Å². The number of ether oxygens (including phenoxy) is 1. The Balaban J connectivity index is 1.71. The molecule has 9 heteroatoms. The number of amides is 1. The molecular weight excluding hydrogens is 666 g/mol. The van der Waals surface area contributed by atoms with Crippen molar-refractivity contribution in [1.29, 1.82) is 0 Å². The molecule has 0 spiro atoms. The molecule has 0 atom stereocenters. The number of aromatic amines is 1. The van der Waals surface area contributed by atoms with Crippen LogP contribution < -0.4 is 15.6 Å². The van der Waals surface area contributed by atoms with Gasteiger partial charge in [-0.05, 0) is 79.3 Å². The van der Waals surface area contributed by atoms with E-state index in [2.05, 4.69) is 112 Å². The lowest BCUT2D eigenvalue weighted by molar-refractivity contribution is -0.116. The molecule has 200 valence electrons. The molecule has 3 aromatic rings. The monoisotopic (exact) mass is 697 g/mol. The van der Waals surface area contributed by atoms with Gasteiger partial charge in [-0.15, -0.1) is 0 Å². The molecule has 6 nitrogen and oxygen atoms in total. The van der Waals surface area contributed by atoms with Crippen LogP contribution in [0.15, 0.2) is 54.6 Å². The fraction of sp³-hybridized carbons (Fsp3) is 0.429. The predicted molar refractivity (Wildman–Crippen MR) is 161 cm³/mol. The summed E-state index contributed by atoms with van der Waals surface area (Å²) in [5.41, 5.74) is 2.77. The van der Waals surface area contributed by atoms with E-state index in [4.69, 9.17) is 4.74 Å². The third kappa shape index (κ3) is 6.98. The van der Waals surface area contributed by atoms with E-state index in [0.29, 0.717) is 20.5 Å². The zero-order valence-corrected chi connectivity index (χ0v) is 26.9. The van der Waals surface area contributed by atoms with Gasteiger partial charge < -0.3 is 10.1 Å². The maximum absolute atomic E-state index is 12.7. The Morgan fingerprint density at radius 1 is 0.973 bits per heavy atom. The first kappa shape index (κ1) is 29.7. The molecule has 3 rings (SSSR count). The van der Waals surface area contributed by atoms with E-state index < -0.39 is 0 Å². The Labute approximate surface area is 243 Å². The molecule has 37 heavy (non-hydrogen) atoms. The van der Waals surface area contributed by atoms with Crippen LogP contribution in [0.1, 0.15) is 71.9 Å². The average molecular weight is 700 g/mol. The lowest BCUT2D eigenvalue weighted by Crippen LogP contribution is -2.22. The van der Waals surface area contributed by atoms with Crippen LogP contribution in [0.5, 0.6) is 5.75 Å². The summed E-state index contributed by atoms with van der Waals surface area (Å²) in [6, 6.07) is 11.5. The van der Waals surface area contributed by atoms with Gasteiger partial charge in [0.05, 0.1) is 18.7 Å². The molecule has 0 radical (unpaired) electrons. The number of H-pyrrole nitrogens is 1. The van der Waals surface area contributed by atoms with E-state index in [1.807, 2.05) is 18.2 Å². The Hall–Kier alpha value is -1.84. The van der Waals surface area contributed by atoms with Gasteiger partial charge in [0.15, 0.2) is 0 Å². The molecule has 1 amide bonds. The van der Waals surface area contributed by atoms with E-state index in [0.717, 1.165) is 28.6 Å². The second-order valence-corrected chi connectivity index (χ2v) is 13.0. The summed E-state index contributed by atoms with van der Waals surface area (Å²) in [5.74, 6) is 0.873. The summed E-state index contributed by atoms with van der Waals surface area (Å²) >= 11 is 10.4. The SMILES string of the molecule is CCC(C)(C)c1ccc(OCCC(=O)Nc2cc(=O)n(-c3c(Br)cc(Br)cc3Br)[nH]2)c(C(C)(C)CC)c1. The van der Waals surface area contributed by atoms with Crippen LogP contribution in [-0.4, -0.2) is 22.3 Å². The summed E-state index contributed by atoms with van der Waals surface area (Å²) in [7, 11) is 0. The molecule has 0 aliphatic heterocycles. The number of anilines is 1. The minimum atomic E-state index is -0.295. The van der Waals surface area contributed by atoms with E-state index in [-0.39, 0.29) is 35.3 Å². The highest BCUT2D eigenvalue weighted by Crippen LogP contribution is 2.38. The molecule has 2 N–H and O–H groups in total.